The van der Waals surface area contributed by atoms with Crippen LogP contribution in [0, 0.1) is 0 Å². The van der Waals surface area contributed by atoms with Crippen LogP contribution in [0.4, 0.5) is 0 Å². The molecule has 0 amide bonds. The summed E-state index contributed by atoms with van der Waals surface area (Å²) in [5, 5.41) is 0. The van der Waals surface area contributed by atoms with E-state index < -0.39 is 16.4 Å². The third-order valence-electron chi connectivity index (χ3n) is 1.02. The van der Waals surface area contributed by atoms with E-state index in [0.29, 0.717) is 0 Å². The van der Waals surface area contributed by atoms with Crippen LogP contribution in [0.25, 0.3) is 0 Å². The molecule has 0 saturated heterocycles. The van der Waals surface area contributed by atoms with Gasteiger partial charge in [0.25, 0.3) is 0 Å². The molecular formula is C5O5Zr. The molecule has 0 atom stereocenters. The van der Waals surface area contributed by atoms with Crippen LogP contribution < -0.4 is 0 Å². The van der Waals surface area contributed by atoms with Crippen LogP contribution in [0.15, 0.2) is 0 Å². The van der Waals surface area contributed by atoms with E-state index in [1.165, 1.54) is 0 Å². The van der Waals surface area contributed by atoms with E-state index in [0.717, 1.165) is 17.9 Å². The van der Waals surface area contributed by atoms with Crippen LogP contribution in [0.2, 0.25) is 0 Å². The number of hydrogen-bond donors (Lipinski definition) is 0. The fourth-order valence-electron chi connectivity index (χ4n) is 0.208. The zero-order chi connectivity index (χ0) is 8.98. The molecule has 0 bridgehead atoms. The van der Waals surface area contributed by atoms with Gasteiger partial charge in [-0.25, -0.2) is 0 Å². The molecule has 0 spiro atoms. The van der Waals surface area contributed by atoms with Crippen molar-refractivity contribution in [3.8, 4) is 0 Å². The summed E-state index contributed by atoms with van der Waals surface area (Å²) >= 11 is -6.09. The van der Waals surface area contributed by atoms with Crippen molar-refractivity contribution in [2.45, 2.75) is 0 Å². The van der Waals surface area contributed by atoms with Crippen molar-refractivity contribution in [1.82, 2.24) is 0 Å². The van der Waals surface area contributed by atoms with Crippen molar-refractivity contribution in [3.05, 3.63) is 0 Å². The molecule has 0 aromatic carbocycles. The van der Waals surface area contributed by atoms with Crippen molar-refractivity contribution in [2.24, 2.45) is 0 Å². The predicted molar refractivity (Wildman–Crippen MR) is 28.5 cm³/mol. The van der Waals surface area contributed by atoms with Gasteiger partial charge in [-0.3, -0.25) is 0 Å². The SMILES string of the molecule is O=[C]=[Zr](=[C]=O)(=[C]=O)(=[C]=O)=[C]=O. The fourth-order valence-corrected chi connectivity index (χ4v) is 1.23. The molecule has 0 aliphatic carbocycles. The van der Waals surface area contributed by atoms with Gasteiger partial charge in [0.15, 0.2) is 0 Å². The van der Waals surface area contributed by atoms with Crippen molar-refractivity contribution < 1.29 is 40.3 Å². The number of hydrogen-bond acceptors (Lipinski definition) is 5. The first-order valence-corrected chi connectivity index (χ1v) is 8.42. The maximum absolute atomic E-state index is 9.99. The van der Waals surface area contributed by atoms with Crippen molar-refractivity contribution >= 4 is 17.9 Å². The second-order valence-corrected chi connectivity index (χ2v) is 10.4. The topological polar surface area (TPSA) is 85.3 Å². The van der Waals surface area contributed by atoms with Crippen LogP contribution in [-0.2, 0) is 40.3 Å². The second kappa shape index (κ2) is 2.80. The van der Waals surface area contributed by atoms with Crippen molar-refractivity contribution in [1.29, 1.82) is 0 Å². The minimum absolute atomic E-state index is 0.793. The molecule has 0 N–H and O–H groups in total. The average Bonchev–Trinajstić information content (AvgIpc) is 2.12. The Labute approximate surface area is 58.4 Å². The molecule has 6 heteroatoms. The Hall–Kier alpha value is -1.22. The molecule has 0 aromatic heterocycles. The average molecular weight is 231 g/mol. The molecule has 0 heterocycles. The van der Waals surface area contributed by atoms with Gasteiger partial charge in [0.05, 0.1) is 0 Å². The normalized spacial score (nSPS) is 5.00. The van der Waals surface area contributed by atoms with Crippen LogP contribution in [0.5, 0.6) is 0 Å². The molecule has 0 aliphatic heterocycles. The van der Waals surface area contributed by atoms with Gasteiger partial charge in [0, 0.05) is 0 Å². The third-order valence-corrected chi connectivity index (χ3v) is 6.04. The molecule has 5 nitrogen and oxygen atoms in total. The van der Waals surface area contributed by atoms with Crippen LogP contribution in [0.3, 0.4) is 0 Å². The summed E-state index contributed by atoms with van der Waals surface area (Å²) < 4.78 is 3.97. The van der Waals surface area contributed by atoms with Gasteiger partial charge in [-0.2, -0.15) is 0 Å². The van der Waals surface area contributed by atoms with E-state index in [1.807, 2.05) is 0 Å². The number of carbonyl (C=O) groups excluding carboxylic acids is 5. The van der Waals surface area contributed by atoms with Gasteiger partial charge in [-0.1, -0.05) is 0 Å². The Morgan fingerprint density at radius 2 is 0.727 bits per heavy atom. The van der Waals surface area contributed by atoms with Gasteiger partial charge >= 0.3 is 58.2 Å². The molecule has 0 rings (SSSR count). The first-order valence-electron chi connectivity index (χ1n) is 2.27. The Kier molecular flexibility index (Phi) is 2.49. The van der Waals surface area contributed by atoms with Crippen molar-refractivity contribution in [2.75, 3.05) is 0 Å². The standard InChI is InChI=1S/5CO.Zr/c5*1-2;. The summed E-state index contributed by atoms with van der Waals surface area (Å²) in [5.74, 6) is 0. The summed E-state index contributed by atoms with van der Waals surface area (Å²) in [6.45, 7) is 0. The summed E-state index contributed by atoms with van der Waals surface area (Å²) in [7, 11) is 0. The first kappa shape index (κ1) is 9.78. The first-order chi connectivity index (χ1) is 5.12. The van der Waals surface area contributed by atoms with Gasteiger partial charge in [-0.05, 0) is 0 Å². The molecule has 11 heavy (non-hydrogen) atoms. The summed E-state index contributed by atoms with van der Waals surface area (Å²) in [5.41, 5.74) is 0. The van der Waals surface area contributed by atoms with E-state index in [4.69, 9.17) is 0 Å². The van der Waals surface area contributed by atoms with E-state index in [-0.39, 0.29) is 0 Å². The zero-order valence-electron chi connectivity index (χ0n) is 5.04. The van der Waals surface area contributed by atoms with Gasteiger partial charge in [-0.15, -0.1) is 0 Å². The van der Waals surface area contributed by atoms with Gasteiger partial charge in [0.1, 0.15) is 0 Å². The summed E-state index contributed by atoms with van der Waals surface area (Å²) in [6.07, 6.45) is 0. The van der Waals surface area contributed by atoms with Gasteiger partial charge < -0.3 is 0 Å². The molecule has 0 aliphatic rings. The Bertz CT molecular complexity index is 550. The van der Waals surface area contributed by atoms with Gasteiger partial charge in [0.2, 0.25) is 0 Å². The van der Waals surface area contributed by atoms with Crippen LogP contribution in [0.1, 0.15) is 0 Å². The van der Waals surface area contributed by atoms with E-state index in [2.05, 4.69) is 0 Å². The molecule has 0 fully saturated rings. The molecule has 0 unspecified atom stereocenters. The molecule has 0 radical (unpaired) electrons. The number of rotatable bonds is 0. The minimum atomic E-state index is -6.09. The van der Waals surface area contributed by atoms with E-state index >= 15 is 0 Å². The van der Waals surface area contributed by atoms with Crippen LogP contribution in [-0.4, -0.2) is 17.9 Å². The quantitative estimate of drug-likeness (QED) is 0.482. The molecule has 54 valence electrons. The van der Waals surface area contributed by atoms with E-state index in [9.17, 15) is 24.0 Å². The third kappa shape index (κ3) is 1.15. The molecule has 0 saturated carbocycles. The van der Waals surface area contributed by atoms with Crippen molar-refractivity contribution in [3.63, 3.8) is 0 Å². The predicted octanol–water partition coefficient (Wildman–Crippen LogP) is -1.99. The summed E-state index contributed by atoms with van der Waals surface area (Å²) in [4.78, 5) is 50.0. The molecule has 0 aromatic rings. The second-order valence-electron chi connectivity index (χ2n) is 1.76. The Morgan fingerprint density at radius 3 is 0.727 bits per heavy atom. The maximum atomic E-state index is 9.99. The summed E-state index contributed by atoms with van der Waals surface area (Å²) in [6, 6.07) is 0. The zero-order valence-corrected chi connectivity index (χ0v) is 7.50. The van der Waals surface area contributed by atoms with E-state index in [1.54, 1.807) is 0 Å². The monoisotopic (exact) mass is 230 g/mol. The van der Waals surface area contributed by atoms with Crippen LogP contribution >= 0.6 is 0 Å². The fraction of sp³-hybridized carbons (Fsp3) is 0. The Balaban J connectivity index is 9.33. The Morgan fingerprint density at radius 1 is 0.545 bits per heavy atom. The molecular weight excluding hydrogens is 231 g/mol.